The van der Waals surface area contributed by atoms with Crippen molar-refractivity contribution in [2.24, 2.45) is 11.7 Å². The van der Waals surface area contributed by atoms with Crippen LogP contribution >= 0.6 is 11.6 Å². The molecule has 0 aliphatic heterocycles. The summed E-state index contributed by atoms with van der Waals surface area (Å²) >= 11 is 6.08. The molecule has 1 amide bonds. The SMILES string of the molecule is CC(C)[C@H](N)C(=O)OCOC(=O)[C@H](O)CN(Cc1ccc(-c2cccc(Cl)c2)cc1)NC(=O)c1cc(O)no1. The third kappa shape index (κ3) is 8.79. The zero-order valence-electron chi connectivity index (χ0n) is 21.2. The molecule has 0 spiro atoms. The molecule has 0 saturated carbocycles. The molecule has 12 nitrogen and oxygen atoms in total. The van der Waals surface area contributed by atoms with Crippen LogP contribution in [0, 0.1) is 5.92 Å². The highest BCUT2D eigenvalue weighted by atomic mass is 35.5. The van der Waals surface area contributed by atoms with E-state index in [2.05, 4.69) is 10.6 Å². The molecule has 0 saturated heterocycles. The van der Waals surface area contributed by atoms with Gasteiger partial charge in [0.1, 0.15) is 6.04 Å². The number of aliphatic hydroxyl groups excluding tert-OH is 1. The van der Waals surface area contributed by atoms with Gasteiger partial charge < -0.3 is 29.9 Å². The molecule has 2 aromatic carbocycles. The summed E-state index contributed by atoms with van der Waals surface area (Å²) in [4.78, 5) is 36.7. The Morgan fingerprint density at radius 2 is 1.77 bits per heavy atom. The molecule has 3 rings (SSSR count). The molecule has 0 aliphatic rings. The van der Waals surface area contributed by atoms with Crippen LogP contribution in [-0.2, 0) is 25.6 Å². The molecule has 0 fully saturated rings. The van der Waals surface area contributed by atoms with Gasteiger partial charge in [0.15, 0.2) is 6.10 Å². The molecule has 208 valence electrons. The number of rotatable bonds is 12. The van der Waals surface area contributed by atoms with Crippen molar-refractivity contribution in [2.75, 3.05) is 13.3 Å². The van der Waals surface area contributed by atoms with E-state index >= 15 is 0 Å². The first-order valence-corrected chi connectivity index (χ1v) is 12.2. The zero-order chi connectivity index (χ0) is 28.5. The van der Waals surface area contributed by atoms with Gasteiger partial charge in [-0.3, -0.25) is 15.0 Å². The largest absolute Gasteiger partial charge is 0.491 e. The van der Waals surface area contributed by atoms with Crippen molar-refractivity contribution < 1.29 is 38.6 Å². The summed E-state index contributed by atoms with van der Waals surface area (Å²) in [6, 6.07) is 14.8. The second-order valence-corrected chi connectivity index (χ2v) is 9.34. The predicted octanol–water partition coefficient (Wildman–Crippen LogP) is 2.24. The summed E-state index contributed by atoms with van der Waals surface area (Å²) in [5.74, 6) is -3.58. The van der Waals surface area contributed by atoms with Gasteiger partial charge >= 0.3 is 17.8 Å². The number of esters is 2. The fourth-order valence-electron chi connectivity index (χ4n) is 3.31. The lowest BCUT2D eigenvalue weighted by molar-refractivity contribution is -0.175. The van der Waals surface area contributed by atoms with E-state index in [0.29, 0.717) is 5.02 Å². The topological polar surface area (TPSA) is 177 Å². The third-order valence-corrected chi connectivity index (χ3v) is 5.76. The first-order chi connectivity index (χ1) is 18.5. The second-order valence-electron chi connectivity index (χ2n) is 8.91. The van der Waals surface area contributed by atoms with Gasteiger partial charge in [0.25, 0.3) is 5.88 Å². The summed E-state index contributed by atoms with van der Waals surface area (Å²) in [7, 11) is 0. The molecular weight excluding hydrogens is 532 g/mol. The van der Waals surface area contributed by atoms with Crippen molar-refractivity contribution >= 4 is 29.4 Å². The number of aliphatic hydroxyl groups is 1. The van der Waals surface area contributed by atoms with Gasteiger partial charge in [-0.1, -0.05) is 61.8 Å². The van der Waals surface area contributed by atoms with E-state index < -0.39 is 49.2 Å². The lowest BCUT2D eigenvalue weighted by atomic mass is 10.0. The maximum absolute atomic E-state index is 12.6. The molecule has 1 heterocycles. The van der Waals surface area contributed by atoms with Gasteiger partial charge in [-0.15, -0.1) is 0 Å². The van der Waals surface area contributed by atoms with Gasteiger partial charge in [-0.05, 0) is 39.9 Å². The normalized spacial score (nSPS) is 12.7. The van der Waals surface area contributed by atoms with E-state index in [1.54, 1.807) is 32.0 Å². The number of benzene rings is 2. The zero-order valence-corrected chi connectivity index (χ0v) is 22.0. The predicted molar refractivity (Wildman–Crippen MR) is 139 cm³/mol. The van der Waals surface area contributed by atoms with Crippen LogP contribution in [0.5, 0.6) is 5.88 Å². The molecule has 0 bridgehead atoms. The van der Waals surface area contributed by atoms with Crippen LogP contribution in [0.1, 0.15) is 30.0 Å². The minimum absolute atomic E-state index is 0.0598. The van der Waals surface area contributed by atoms with Crippen molar-refractivity contribution in [3.8, 4) is 17.0 Å². The van der Waals surface area contributed by atoms with Gasteiger partial charge in [-0.25, -0.2) is 9.80 Å². The number of nitrogens with zero attached hydrogens (tertiary/aromatic N) is 2. The number of aromatic hydroxyl groups is 1. The third-order valence-electron chi connectivity index (χ3n) is 5.52. The minimum atomic E-state index is -1.73. The Balaban J connectivity index is 1.66. The maximum Gasteiger partial charge on any atom is 0.339 e. The standard InChI is InChI=1S/C26H29ClN4O8/c1-15(2)23(28)26(36)38-14-37-25(35)20(32)13-31(29-24(34)21-11-22(33)30-39-21)12-16-6-8-17(9-7-16)18-4-3-5-19(27)10-18/h3-11,15,20,23,32H,12-14,28H2,1-2H3,(H,29,34)(H,30,33)/t20-,23+/m1/s1. The second kappa shape index (κ2) is 13.7. The number of carbonyl (C=O) groups is 3. The van der Waals surface area contributed by atoms with Gasteiger partial charge in [-0.2, -0.15) is 0 Å². The number of hydrogen-bond acceptors (Lipinski definition) is 11. The molecule has 1 aromatic heterocycles. The summed E-state index contributed by atoms with van der Waals surface area (Å²) in [6.45, 7) is 2.39. The van der Waals surface area contributed by atoms with Crippen LogP contribution in [0.4, 0.5) is 0 Å². The Labute approximate surface area is 229 Å². The monoisotopic (exact) mass is 560 g/mol. The molecule has 2 atom stereocenters. The Kier molecular flexibility index (Phi) is 10.4. The number of halogens is 1. The van der Waals surface area contributed by atoms with E-state index in [1.165, 1.54) is 5.01 Å². The Morgan fingerprint density at radius 3 is 2.38 bits per heavy atom. The summed E-state index contributed by atoms with van der Waals surface area (Å²) < 4.78 is 14.4. The molecule has 5 N–H and O–H groups in total. The highest BCUT2D eigenvalue weighted by molar-refractivity contribution is 6.30. The smallest absolute Gasteiger partial charge is 0.339 e. The lowest BCUT2D eigenvalue weighted by Gasteiger charge is -2.24. The van der Waals surface area contributed by atoms with E-state index in [-0.39, 0.29) is 18.2 Å². The van der Waals surface area contributed by atoms with Gasteiger partial charge in [0.2, 0.25) is 12.6 Å². The summed E-state index contributed by atoms with van der Waals surface area (Å²) in [5, 5.41) is 24.9. The highest BCUT2D eigenvalue weighted by Gasteiger charge is 2.25. The number of hydrogen-bond donors (Lipinski definition) is 4. The van der Waals surface area contributed by atoms with Crippen LogP contribution in [0.15, 0.2) is 59.1 Å². The fraction of sp³-hybridized carbons (Fsp3) is 0.308. The molecule has 0 unspecified atom stereocenters. The highest BCUT2D eigenvalue weighted by Crippen LogP contribution is 2.23. The van der Waals surface area contributed by atoms with Crippen LogP contribution < -0.4 is 11.2 Å². The fourth-order valence-corrected chi connectivity index (χ4v) is 3.50. The number of amides is 1. The maximum atomic E-state index is 12.6. The Hall–Kier alpha value is -3.97. The lowest BCUT2D eigenvalue weighted by Crippen LogP contribution is -2.47. The van der Waals surface area contributed by atoms with Crippen LogP contribution in [-0.4, -0.2) is 63.7 Å². The van der Waals surface area contributed by atoms with E-state index in [4.69, 9.17) is 31.3 Å². The van der Waals surface area contributed by atoms with Crippen LogP contribution in [0.3, 0.4) is 0 Å². The number of aromatic nitrogens is 1. The molecule has 0 radical (unpaired) electrons. The minimum Gasteiger partial charge on any atom is -0.491 e. The summed E-state index contributed by atoms with van der Waals surface area (Å²) in [5.41, 5.74) is 10.7. The van der Waals surface area contributed by atoms with Crippen LogP contribution in [0.25, 0.3) is 11.1 Å². The number of carbonyl (C=O) groups excluding carboxylic acids is 3. The van der Waals surface area contributed by atoms with E-state index in [9.17, 15) is 24.6 Å². The average Bonchev–Trinajstić information content (AvgIpc) is 3.34. The van der Waals surface area contributed by atoms with E-state index in [1.807, 2.05) is 30.3 Å². The Morgan fingerprint density at radius 1 is 1.08 bits per heavy atom. The molecule has 3 aromatic rings. The van der Waals surface area contributed by atoms with Gasteiger partial charge in [0.05, 0.1) is 12.6 Å². The van der Waals surface area contributed by atoms with Crippen molar-refractivity contribution in [3.63, 3.8) is 0 Å². The molecule has 13 heteroatoms. The summed E-state index contributed by atoms with van der Waals surface area (Å²) in [6.07, 6.45) is -1.73. The molecular formula is C26H29ClN4O8. The molecule has 0 aliphatic carbocycles. The average molecular weight is 561 g/mol. The van der Waals surface area contributed by atoms with Crippen molar-refractivity contribution in [2.45, 2.75) is 32.5 Å². The van der Waals surface area contributed by atoms with Crippen molar-refractivity contribution in [1.82, 2.24) is 15.6 Å². The van der Waals surface area contributed by atoms with Gasteiger partial charge in [0, 0.05) is 11.6 Å². The van der Waals surface area contributed by atoms with Crippen LogP contribution in [0.2, 0.25) is 5.02 Å². The first-order valence-electron chi connectivity index (χ1n) is 11.9. The first kappa shape index (κ1) is 29.6. The number of nitrogens with two attached hydrogens (primary N) is 1. The van der Waals surface area contributed by atoms with Crippen molar-refractivity contribution in [1.29, 1.82) is 0 Å². The number of hydrazine groups is 1. The Bertz CT molecular complexity index is 1280. The number of nitrogens with one attached hydrogen (secondary N) is 1. The van der Waals surface area contributed by atoms with Crippen molar-refractivity contribution in [3.05, 3.63) is 70.9 Å². The van der Waals surface area contributed by atoms with E-state index in [0.717, 1.165) is 22.8 Å². The quantitative estimate of drug-likeness (QED) is 0.145. The number of ether oxygens (including phenoxy) is 2. The molecule has 39 heavy (non-hydrogen) atoms.